The van der Waals surface area contributed by atoms with Gasteiger partial charge in [-0.2, -0.15) is 0 Å². The smallest absolute Gasteiger partial charge is 0.273 e. The van der Waals surface area contributed by atoms with Crippen molar-refractivity contribution in [3.8, 4) is 11.1 Å². The van der Waals surface area contributed by atoms with Crippen LogP contribution in [0, 0.1) is 0 Å². The summed E-state index contributed by atoms with van der Waals surface area (Å²) < 4.78 is 0. The van der Waals surface area contributed by atoms with Crippen LogP contribution in [0.4, 0.5) is 0 Å². The van der Waals surface area contributed by atoms with Crippen molar-refractivity contribution in [3.05, 3.63) is 138 Å². The molecule has 3 unspecified atom stereocenters. The molecule has 1 aromatic heterocycles. The third-order valence-corrected chi connectivity index (χ3v) is 8.12. The van der Waals surface area contributed by atoms with Gasteiger partial charge in [-0.05, 0) is 83.8 Å². The maximum atomic E-state index is 5.90. The van der Waals surface area contributed by atoms with E-state index in [1.807, 2.05) is 18.5 Å². The average Bonchev–Trinajstić information content (AvgIpc) is 3.54. The van der Waals surface area contributed by atoms with E-state index < -0.39 is 0 Å². The summed E-state index contributed by atoms with van der Waals surface area (Å²) in [5.74, 6) is 1.27. The fraction of sp³-hybridized carbons (Fsp3) is 0.265. The molecular weight excluding hydrogens is 486 g/mol. The highest BCUT2D eigenvalue weighted by molar-refractivity contribution is 6.28. The fourth-order valence-electron chi connectivity index (χ4n) is 5.84. The van der Waals surface area contributed by atoms with Crippen LogP contribution in [-0.2, 0) is 0 Å². The van der Waals surface area contributed by atoms with Gasteiger partial charge in [-0.3, -0.25) is 0 Å². The Morgan fingerprint density at radius 3 is 2.18 bits per heavy atom. The zero-order valence-electron chi connectivity index (χ0n) is 21.9. The lowest BCUT2D eigenvalue weighted by Crippen LogP contribution is -2.32. The average molecular weight is 523 g/mol. The molecule has 0 amide bonds. The molecular formula is C34H37ClN3+. The standard InChI is InChI=1S/C19H21N.C15H15ClN2/c1-2-20-14-13-18(16-9-5-3-6-10-16)15-19(20)17-11-7-4-8-12-17;16-15-6-5-11(10-18-15)13-3-1-2-4-14(13)12-7-8-17-9-12/h2-12,18-19H,1,13-15H2;1-6,10,12,17H,7-9H2/p+1. The molecule has 0 saturated carbocycles. The first-order valence-corrected chi connectivity index (χ1v) is 14.1. The first-order valence-electron chi connectivity index (χ1n) is 13.7. The number of H-pyrrole nitrogens is 1. The highest BCUT2D eigenvalue weighted by atomic mass is 35.5. The van der Waals surface area contributed by atoms with E-state index in [1.165, 1.54) is 47.1 Å². The molecule has 6 rings (SSSR count). The van der Waals surface area contributed by atoms with Gasteiger partial charge in [0, 0.05) is 24.7 Å². The molecule has 0 radical (unpaired) electrons. The van der Waals surface area contributed by atoms with Crippen molar-refractivity contribution >= 4 is 11.6 Å². The predicted octanol–water partition coefficient (Wildman–Crippen LogP) is 7.65. The highest BCUT2D eigenvalue weighted by Gasteiger charge is 2.28. The summed E-state index contributed by atoms with van der Waals surface area (Å²) in [5.41, 5.74) is 6.80. The summed E-state index contributed by atoms with van der Waals surface area (Å²) in [6.07, 6.45) is 7.57. The van der Waals surface area contributed by atoms with Gasteiger partial charge in [0.05, 0.1) is 6.04 Å². The van der Waals surface area contributed by atoms with Crippen molar-refractivity contribution < 1.29 is 4.98 Å². The van der Waals surface area contributed by atoms with Crippen molar-refractivity contribution in [1.82, 2.24) is 10.2 Å². The van der Waals surface area contributed by atoms with Crippen molar-refractivity contribution in [2.45, 2.75) is 37.1 Å². The van der Waals surface area contributed by atoms with Crippen LogP contribution in [0.1, 0.15) is 53.8 Å². The zero-order valence-corrected chi connectivity index (χ0v) is 22.7. The van der Waals surface area contributed by atoms with E-state index in [4.69, 9.17) is 11.6 Å². The van der Waals surface area contributed by atoms with E-state index in [1.54, 1.807) is 0 Å². The maximum absolute atomic E-state index is 5.90. The van der Waals surface area contributed by atoms with Gasteiger partial charge in [0.1, 0.15) is 0 Å². The molecule has 0 aliphatic carbocycles. The summed E-state index contributed by atoms with van der Waals surface area (Å²) in [5, 5.41) is 4.10. The van der Waals surface area contributed by atoms with Crippen LogP contribution >= 0.6 is 11.6 Å². The second-order valence-electron chi connectivity index (χ2n) is 10.2. The van der Waals surface area contributed by atoms with E-state index in [0.29, 0.717) is 23.0 Å². The van der Waals surface area contributed by atoms with Gasteiger partial charge in [0.2, 0.25) is 0 Å². The minimum absolute atomic E-state index is 0.452. The number of nitrogens with one attached hydrogen (secondary N) is 2. The summed E-state index contributed by atoms with van der Waals surface area (Å²) in [7, 11) is 0. The minimum Gasteiger partial charge on any atom is -0.371 e. The topological polar surface area (TPSA) is 29.4 Å². The number of rotatable bonds is 5. The van der Waals surface area contributed by atoms with E-state index in [0.717, 1.165) is 19.6 Å². The Morgan fingerprint density at radius 1 is 0.816 bits per heavy atom. The lowest BCUT2D eigenvalue weighted by molar-refractivity contribution is -0.374. The van der Waals surface area contributed by atoms with Crippen LogP contribution in [-0.4, -0.2) is 24.5 Å². The van der Waals surface area contributed by atoms with Crippen LogP contribution in [0.25, 0.3) is 11.1 Å². The number of nitrogens with zero attached hydrogens (tertiary/aromatic N) is 1. The molecule has 4 heteroatoms. The molecule has 4 aromatic rings. The van der Waals surface area contributed by atoms with E-state index in [-0.39, 0.29) is 0 Å². The largest absolute Gasteiger partial charge is 0.371 e. The number of hydrogen-bond acceptors (Lipinski definition) is 2. The van der Waals surface area contributed by atoms with Crippen LogP contribution in [0.15, 0.2) is 116 Å². The number of likely N-dealkylation sites (tertiary alicyclic amines) is 1. The molecule has 3 heterocycles. The molecule has 2 N–H and O–H groups in total. The molecule has 38 heavy (non-hydrogen) atoms. The van der Waals surface area contributed by atoms with Crippen LogP contribution < -0.4 is 10.3 Å². The van der Waals surface area contributed by atoms with Gasteiger partial charge in [-0.1, -0.05) is 91.5 Å². The lowest BCUT2D eigenvalue weighted by atomic mass is 9.83. The molecule has 194 valence electrons. The first-order chi connectivity index (χ1) is 18.7. The molecule has 3 nitrogen and oxygen atoms in total. The number of aromatic nitrogens is 1. The zero-order chi connectivity index (χ0) is 26.2. The van der Waals surface area contributed by atoms with Gasteiger partial charge >= 0.3 is 0 Å². The number of hydrogen-bond donors (Lipinski definition) is 1. The molecule has 2 aliphatic heterocycles. The number of halogens is 1. The Balaban J connectivity index is 0.000000156. The van der Waals surface area contributed by atoms with Gasteiger partial charge < -0.3 is 10.2 Å². The fourth-order valence-corrected chi connectivity index (χ4v) is 5.96. The monoisotopic (exact) mass is 522 g/mol. The molecule has 3 aromatic carbocycles. The van der Waals surface area contributed by atoms with Gasteiger partial charge in [-0.15, -0.1) is 0 Å². The second kappa shape index (κ2) is 12.9. The van der Waals surface area contributed by atoms with Gasteiger partial charge in [0.15, 0.2) is 6.20 Å². The Hall–Kier alpha value is -3.40. The molecule has 3 atom stereocenters. The lowest BCUT2D eigenvalue weighted by Gasteiger charge is -2.39. The Kier molecular flexibility index (Phi) is 8.90. The predicted molar refractivity (Wildman–Crippen MR) is 158 cm³/mol. The third-order valence-electron chi connectivity index (χ3n) is 7.88. The summed E-state index contributed by atoms with van der Waals surface area (Å²) in [6.45, 7) is 7.26. The van der Waals surface area contributed by atoms with Crippen LogP contribution in [0.3, 0.4) is 0 Å². The normalized spacial score (nSPS) is 20.9. The van der Waals surface area contributed by atoms with Crippen LogP contribution in [0.2, 0.25) is 5.15 Å². The molecule has 2 saturated heterocycles. The quantitative estimate of drug-likeness (QED) is 0.273. The summed E-state index contributed by atoms with van der Waals surface area (Å²) in [4.78, 5) is 5.45. The molecule has 0 bridgehead atoms. The van der Waals surface area contributed by atoms with Crippen molar-refractivity contribution in [2.24, 2.45) is 0 Å². The number of piperidine rings is 1. The third kappa shape index (κ3) is 6.35. The minimum atomic E-state index is 0.452. The summed E-state index contributed by atoms with van der Waals surface area (Å²) >= 11 is 5.90. The Morgan fingerprint density at radius 2 is 1.53 bits per heavy atom. The van der Waals surface area contributed by atoms with E-state index >= 15 is 0 Å². The van der Waals surface area contributed by atoms with Crippen molar-refractivity contribution in [1.29, 1.82) is 0 Å². The second-order valence-corrected chi connectivity index (χ2v) is 10.6. The van der Waals surface area contributed by atoms with E-state index in [2.05, 4.69) is 113 Å². The maximum Gasteiger partial charge on any atom is 0.273 e. The molecule has 0 spiro atoms. The number of benzene rings is 3. The molecule has 2 fully saturated rings. The van der Waals surface area contributed by atoms with Crippen molar-refractivity contribution in [3.63, 3.8) is 0 Å². The molecule has 2 aliphatic rings. The Bertz CT molecular complexity index is 1280. The number of pyridine rings is 1. The van der Waals surface area contributed by atoms with Crippen molar-refractivity contribution in [2.75, 3.05) is 19.6 Å². The number of aromatic amines is 1. The highest BCUT2D eigenvalue weighted by Crippen LogP contribution is 2.39. The first kappa shape index (κ1) is 26.2. The van der Waals surface area contributed by atoms with Gasteiger partial charge in [-0.25, -0.2) is 4.98 Å². The summed E-state index contributed by atoms with van der Waals surface area (Å²) in [6, 6.07) is 34.8. The van der Waals surface area contributed by atoms with Gasteiger partial charge in [0.25, 0.3) is 5.15 Å². The van der Waals surface area contributed by atoms with E-state index in [9.17, 15) is 0 Å². The van der Waals surface area contributed by atoms with Crippen LogP contribution in [0.5, 0.6) is 0 Å². The Labute approximate surface area is 232 Å². The SMILES string of the molecule is C=CN1CCC(c2ccccc2)CC1c1ccccc1.Clc1ccc(-c2ccccc2C2CCNC2)c[nH+]1.